The first-order valence-corrected chi connectivity index (χ1v) is 7.54. The van der Waals surface area contributed by atoms with Crippen LogP contribution in [0, 0.1) is 6.92 Å². The van der Waals surface area contributed by atoms with Crippen molar-refractivity contribution >= 4 is 5.91 Å². The summed E-state index contributed by atoms with van der Waals surface area (Å²) < 4.78 is 0. The van der Waals surface area contributed by atoms with E-state index in [0.717, 1.165) is 37.1 Å². The molecule has 1 aromatic carbocycles. The predicted molar refractivity (Wildman–Crippen MR) is 83.0 cm³/mol. The van der Waals surface area contributed by atoms with Crippen molar-refractivity contribution in [1.29, 1.82) is 0 Å². The van der Waals surface area contributed by atoms with E-state index in [9.17, 15) is 4.79 Å². The van der Waals surface area contributed by atoms with Crippen LogP contribution in [0.5, 0.6) is 0 Å². The van der Waals surface area contributed by atoms with Gasteiger partial charge in [0.15, 0.2) is 0 Å². The molecule has 0 spiro atoms. The molecule has 3 nitrogen and oxygen atoms in total. The van der Waals surface area contributed by atoms with Crippen LogP contribution in [0.1, 0.15) is 46.9 Å². The monoisotopic (exact) mass is 280 g/mol. The predicted octanol–water partition coefficient (Wildman–Crippen LogP) is 3.76. The largest absolute Gasteiger partial charge is 0.330 e. The van der Waals surface area contributed by atoms with Crippen molar-refractivity contribution in [3.8, 4) is 0 Å². The number of rotatable bonds is 2. The summed E-state index contributed by atoms with van der Waals surface area (Å²) in [5.74, 6) is 0.114. The molecule has 3 heteroatoms. The SMILES string of the molecule is Cc1ccnc([C@H]2CCCCN2C(=O)c2ccccc2)c1. The van der Waals surface area contributed by atoms with Gasteiger partial charge in [-0.25, -0.2) is 0 Å². The Morgan fingerprint density at radius 1 is 1.19 bits per heavy atom. The van der Waals surface area contributed by atoms with Gasteiger partial charge < -0.3 is 4.90 Å². The molecule has 0 N–H and O–H groups in total. The number of likely N-dealkylation sites (tertiary alicyclic amines) is 1. The van der Waals surface area contributed by atoms with E-state index in [1.165, 1.54) is 5.56 Å². The number of amides is 1. The Morgan fingerprint density at radius 2 is 2.00 bits per heavy atom. The summed E-state index contributed by atoms with van der Waals surface area (Å²) in [7, 11) is 0. The number of aromatic nitrogens is 1. The number of hydrogen-bond donors (Lipinski definition) is 0. The molecule has 0 radical (unpaired) electrons. The number of nitrogens with zero attached hydrogens (tertiary/aromatic N) is 2. The molecule has 1 amide bonds. The molecule has 1 aliphatic heterocycles. The normalized spacial score (nSPS) is 18.5. The first kappa shape index (κ1) is 13.8. The van der Waals surface area contributed by atoms with Gasteiger partial charge in [0, 0.05) is 18.3 Å². The summed E-state index contributed by atoms with van der Waals surface area (Å²) in [5.41, 5.74) is 2.97. The minimum absolute atomic E-state index is 0.103. The van der Waals surface area contributed by atoms with Gasteiger partial charge in [0.2, 0.25) is 0 Å². The van der Waals surface area contributed by atoms with Gasteiger partial charge in [0.25, 0.3) is 5.91 Å². The Morgan fingerprint density at radius 3 is 2.76 bits per heavy atom. The van der Waals surface area contributed by atoms with E-state index in [4.69, 9.17) is 0 Å². The maximum absolute atomic E-state index is 12.8. The lowest BCUT2D eigenvalue weighted by atomic mass is 9.97. The number of carbonyl (C=O) groups excluding carboxylic acids is 1. The molecule has 2 heterocycles. The van der Waals surface area contributed by atoms with Gasteiger partial charge in [-0.1, -0.05) is 18.2 Å². The van der Waals surface area contributed by atoms with Crippen LogP contribution in [-0.2, 0) is 0 Å². The van der Waals surface area contributed by atoms with Gasteiger partial charge in [0.05, 0.1) is 11.7 Å². The molecule has 0 bridgehead atoms. The fourth-order valence-corrected chi connectivity index (χ4v) is 2.97. The lowest BCUT2D eigenvalue weighted by Gasteiger charge is -2.35. The Labute approximate surface area is 125 Å². The number of piperidine rings is 1. The van der Waals surface area contributed by atoms with Crippen molar-refractivity contribution in [1.82, 2.24) is 9.88 Å². The molecule has 108 valence electrons. The standard InChI is InChI=1S/C18H20N2O/c1-14-10-11-19-16(13-14)17-9-5-6-12-20(17)18(21)15-7-3-2-4-8-15/h2-4,7-8,10-11,13,17H,5-6,9,12H2,1H3/t17-/m1/s1. The average molecular weight is 280 g/mol. The van der Waals surface area contributed by atoms with Crippen molar-refractivity contribution < 1.29 is 4.79 Å². The summed E-state index contributed by atoms with van der Waals surface area (Å²) >= 11 is 0. The van der Waals surface area contributed by atoms with Gasteiger partial charge in [-0.15, -0.1) is 0 Å². The molecule has 2 aromatic rings. The molecule has 21 heavy (non-hydrogen) atoms. The summed E-state index contributed by atoms with van der Waals surface area (Å²) in [4.78, 5) is 19.2. The highest BCUT2D eigenvalue weighted by Gasteiger charge is 2.29. The zero-order chi connectivity index (χ0) is 14.7. The van der Waals surface area contributed by atoms with Crippen LogP contribution in [0.3, 0.4) is 0 Å². The molecule has 1 fully saturated rings. The highest BCUT2D eigenvalue weighted by molar-refractivity contribution is 5.94. The number of hydrogen-bond acceptors (Lipinski definition) is 2. The van der Waals surface area contributed by atoms with Crippen LogP contribution >= 0.6 is 0 Å². The number of carbonyl (C=O) groups is 1. The Balaban J connectivity index is 1.90. The van der Waals surface area contributed by atoms with E-state index in [1.54, 1.807) is 0 Å². The maximum atomic E-state index is 12.8. The van der Waals surface area contributed by atoms with Gasteiger partial charge in [0.1, 0.15) is 0 Å². The summed E-state index contributed by atoms with van der Waals surface area (Å²) in [5, 5.41) is 0. The number of aryl methyl sites for hydroxylation is 1. The fraction of sp³-hybridized carbons (Fsp3) is 0.333. The van der Waals surface area contributed by atoms with Crippen molar-refractivity contribution in [2.24, 2.45) is 0 Å². The first-order chi connectivity index (χ1) is 10.3. The van der Waals surface area contributed by atoms with Gasteiger partial charge in [-0.05, 0) is 56.0 Å². The van der Waals surface area contributed by atoms with Crippen LogP contribution in [0.2, 0.25) is 0 Å². The Bertz CT molecular complexity index is 624. The lowest BCUT2D eigenvalue weighted by molar-refractivity contribution is 0.0606. The molecule has 0 unspecified atom stereocenters. The number of benzene rings is 1. The molecule has 1 saturated heterocycles. The van der Waals surface area contributed by atoms with E-state index in [1.807, 2.05) is 47.5 Å². The molecule has 1 aromatic heterocycles. The molecular formula is C18H20N2O. The van der Waals surface area contributed by atoms with E-state index >= 15 is 0 Å². The first-order valence-electron chi connectivity index (χ1n) is 7.54. The van der Waals surface area contributed by atoms with Crippen molar-refractivity contribution in [3.63, 3.8) is 0 Å². The molecule has 3 rings (SSSR count). The van der Waals surface area contributed by atoms with Crippen LogP contribution in [0.25, 0.3) is 0 Å². The van der Waals surface area contributed by atoms with Crippen molar-refractivity contribution in [3.05, 3.63) is 65.5 Å². The van der Waals surface area contributed by atoms with Gasteiger partial charge in [-0.2, -0.15) is 0 Å². The molecule has 0 aliphatic carbocycles. The van der Waals surface area contributed by atoms with Crippen LogP contribution in [-0.4, -0.2) is 22.3 Å². The molecule has 1 atom stereocenters. The van der Waals surface area contributed by atoms with Crippen LogP contribution in [0.15, 0.2) is 48.7 Å². The van der Waals surface area contributed by atoms with Gasteiger partial charge >= 0.3 is 0 Å². The van der Waals surface area contributed by atoms with E-state index in [0.29, 0.717) is 0 Å². The second-order valence-electron chi connectivity index (χ2n) is 5.63. The van der Waals surface area contributed by atoms with Crippen LogP contribution < -0.4 is 0 Å². The third kappa shape index (κ3) is 2.97. The Kier molecular flexibility index (Phi) is 4.00. The minimum atomic E-state index is 0.103. The Hall–Kier alpha value is -2.16. The van der Waals surface area contributed by atoms with E-state index < -0.39 is 0 Å². The average Bonchev–Trinajstić information content (AvgIpc) is 2.55. The number of pyridine rings is 1. The third-order valence-corrected chi connectivity index (χ3v) is 4.06. The van der Waals surface area contributed by atoms with E-state index in [2.05, 4.69) is 18.0 Å². The molecular weight excluding hydrogens is 260 g/mol. The zero-order valence-electron chi connectivity index (χ0n) is 12.3. The molecule has 0 saturated carbocycles. The van der Waals surface area contributed by atoms with Crippen molar-refractivity contribution in [2.45, 2.75) is 32.2 Å². The highest BCUT2D eigenvalue weighted by Crippen LogP contribution is 2.31. The fourth-order valence-electron chi connectivity index (χ4n) is 2.97. The summed E-state index contributed by atoms with van der Waals surface area (Å²) in [6.45, 7) is 2.88. The smallest absolute Gasteiger partial charge is 0.254 e. The molecule has 1 aliphatic rings. The zero-order valence-corrected chi connectivity index (χ0v) is 12.3. The highest BCUT2D eigenvalue weighted by atomic mass is 16.2. The quantitative estimate of drug-likeness (QED) is 0.839. The van der Waals surface area contributed by atoms with Crippen LogP contribution in [0.4, 0.5) is 0 Å². The minimum Gasteiger partial charge on any atom is -0.330 e. The summed E-state index contributed by atoms with van der Waals surface area (Å²) in [6.07, 6.45) is 5.05. The van der Waals surface area contributed by atoms with E-state index in [-0.39, 0.29) is 11.9 Å². The maximum Gasteiger partial charge on any atom is 0.254 e. The topological polar surface area (TPSA) is 33.2 Å². The summed E-state index contributed by atoms with van der Waals surface area (Å²) in [6, 6.07) is 13.7. The second-order valence-corrected chi connectivity index (χ2v) is 5.63. The van der Waals surface area contributed by atoms with Crippen molar-refractivity contribution in [2.75, 3.05) is 6.54 Å². The van der Waals surface area contributed by atoms with Gasteiger partial charge in [-0.3, -0.25) is 9.78 Å². The third-order valence-electron chi connectivity index (χ3n) is 4.06. The lowest BCUT2D eigenvalue weighted by Crippen LogP contribution is -2.38. The second kappa shape index (κ2) is 6.08.